The second-order valence-corrected chi connectivity index (χ2v) is 4.37. The number of methoxy groups -OCH3 is 1. The van der Waals surface area contributed by atoms with E-state index in [9.17, 15) is 0 Å². The molecule has 1 atom stereocenters. The van der Waals surface area contributed by atoms with E-state index in [1.807, 2.05) is 22.9 Å². The molecule has 0 aromatic carbocycles. The molecular formula is C9H10N2OS2. The molecule has 0 radical (unpaired) electrons. The highest BCUT2D eigenvalue weighted by Gasteiger charge is 2.16. The summed E-state index contributed by atoms with van der Waals surface area (Å²) in [4.78, 5) is 1.03. The molecular weight excluding hydrogens is 216 g/mol. The highest BCUT2D eigenvalue weighted by Crippen LogP contribution is 2.32. The summed E-state index contributed by atoms with van der Waals surface area (Å²) in [6.45, 7) is 0. The first kappa shape index (κ1) is 9.64. The molecule has 2 N–H and O–H groups in total. The van der Waals surface area contributed by atoms with Gasteiger partial charge in [-0.15, -0.1) is 11.3 Å². The maximum absolute atomic E-state index is 6.06. The summed E-state index contributed by atoms with van der Waals surface area (Å²) in [5, 5.41) is 3.90. The third-order valence-corrected chi connectivity index (χ3v) is 3.49. The van der Waals surface area contributed by atoms with Crippen molar-refractivity contribution in [3.8, 4) is 5.75 Å². The molecule has 0 aliphatic rings. The van der Waals surface area contributed by atoms with Crippen LogP contribution in [0.1, 0.15) is 16.6 Å². The quantitative estimate of drug-likeness (QED) is 0.873. The molecule has 1 unspecified atom stereocenters. The molecule has 0 aliphatic heterocycles. The van der Waals surface area contributed by atoms with Gasteiger partial charge in [0, 0.05) is 5.38 Å². The van der Waals surface area contributed by atoms with E-state index in [0.29, 0.717) is 0 Å². The standard InChI is InChI=1S/C9H10N2OS2/c1-12-7-3-4-13-9(7)8(10)6-2-5-14-11-6/h2-5,8H,10H2,1H3. The first-order chi connectivity index (χ1) is 6.83. The normalized spacial score (nSPS) is 12.7. The Labute approximate surface area is 90.3 Å². The molecule has 0 fully saturated rings. The summed E-state index contributed by atoms with van der Waals surface area (Å²) in [7, 11) is 1.65. The van der Waals surface area contributed by atoms with E-state index >= 15 is 0 Å². The van der Waals surface area contributed by atoms with Gasteiger partial charge in [0.05, 0.1) is 23.7 Å². The zero-order valence-corrected chi connectivity index (χ0v) is 9.27. The molecule has 2 aromatic rings. The molecule has 14 heavy (non-hydrogen) atoms. The van der Waals surface area contributed by atoms with Crippen LogP contribution < -0.4 is 10.5 Å². The Bertz CT molecular complexity index is 397. The predicted octanol–water partition coefficient (Wildman–Crippen LogP) is 2.26. The Morgan fingerprint density at radius 2 is 2.29 bits per heavy atom. The van der Waals surface area contributed by atoms with E-state index < -0.39 is 0 Å². The molecule has 0 bridgehead atoms. The lowest BCUT2D eigenvalue weighted by Crippen LogP contribution is -2.11. The fourth-order valence-electron chi connectivity index (χ4n) is 1.22. The highest BCUT2D eigenvalue weighted by atomic mass is 32.1. The van der Waals surface area contributed by atoms with Crippen molar-refractivity contribution in [1.29, 1.82) is 0 Å². The monoisotopic (exact) mass is 226 g/mol. The van der Waals surface area contributed by atoms with Crippen LogP contribution in [0.5, 0.6) is 5.75 Å². The number of ether oxygens (including phenoxy) is 1. The van der Waals surface area contributed by atoms with E-state index in [1.54, 1.807) is 18.4 Å². The average molecular weight is 226 g/mol. The number of rotatable bonds is 3. The Balaban J connectivity index is 2.31. The summed E-state index contributed by atoms with van der Waals surface area (Å²) in [5.74, 6) is 0.843. The van der Waals surface area contributed by atoms with Gasteiger partial charge < -0.3 is 10.5 Å². The largest absolute Gasteiger partial charge is 0.496 e. The van der Waals surface area contributed by atoms with Crippen molar-refractivity contribution in [3.63, 3.8) is 0 Å². The van der Waals surface area contributed by atoms with E-state index in [2.05, 4.69) is 4.37 Å². The molecule has 3 nitrogen and oxygen atoms in total. The van der Waals surface area contributed by atoms with E-state index in [4.69, 9.17) is 10.5 Å². The third kappa shape index (κ3) is 1.66. The van der Waals surface area contributed by atoms with Crippen molar-refractivity contribution in [2.24, 2.45) is 5.73 Å². The Hall–Kier alpha value is -0.910. The Kier molecular flexibility index (Phi) is 2.81. The summed E-state index contributed by atoms with van der Waals surface area (Å²) in [5.41, 5.74) is 6.96. The average Bonchev–Trinajstić information content (AvgIpc) is 2.87. The third-order valence-electron chi connectivity index (χ3n) is 1.94. The van der Waals surface area contributed by atoms with Crippen LogP contribution in [0.3, 0.4) is 0 Å². The molecule has 0 saturated heterocycles. The van der Waals surface area contributed by atoms with Crippen LogP contribution >= 0.6 is 22.9 Å². The number of thiophene rings is 1. The van der Waals surface area contributed by atoms with Gasteiger partial charge in [0.25, 0.3) is 0 Å². The second kappa shape index (κ2) is 4.08. The van der Waals surface area contributed by atoms with E-state index in [0.717, 1.165) is 16.3 Å². The highest BCUT2D eigenvalue weighted by molar-refractivity contribution is 7.10. The van der Waals surface area contributed by atoms with Crippen LogP contribution in [-0.2, 0) is 0 Å². The summed E-state index contributed by atoms with van der Waals surface area (Å²) >= 11 is 3.01. The van der Waals surface area contributed by atoms with Gasteiger partial charge in [0.1, 0.15) is 5.75 Å². The zero-order chi connectivity index (χ0) is 9.97. The second-order valence-electron chi connectivity index (χ2n) is 2.76. The van der Waals surface area contributed by atoms with Crippen molar-refractivity contribution in [3.05, 3.63) is 33.5 Å². The first-order valence-electron chi connectivity index (χ1n) is 4.10. The van der Waals surface area contributed by atoms with Crippen LogP contribution in [0.2, 0.25) is 0 Å². The first-order valence-corrected chi connectivity index (χ1v) is 5.81. The van der Waals surface area contributed by atoms with Gasteiger partial charge in [0.15, 0.2) is 0 Å². The van der Waals surface area contributed by atoms with E-state index in [-0.39, 0.29) is 6.04 Å². The molecule has 5 heteroatoms. The van der Waals surface area contributed by atoms with Crippen molar-refractivity contribution in [2.45, 2.75) is 6.04 Å². The lowest BCUT2D eigenvalue weighted by molar-refractivity contribution is 0.410. The molecule has 74 valence electrons. The maximum atomic E-state index is 6.06. The van der Waals surface area contributed by atoms with Crippen molar-refractivity contribution >= 4 is 22.9 Å². The molecule has 0 aliphatic carbocycles. The van der Waals surface area contributed by atoms with Gasteiger partial charge in [-0.2, -0.15) is 4.37 Å². The van der Waals surface area contributed by atoms with Gasteiger partial charge in [-0.3, -0.25) is 0 Å². The Morgan fingerprint density at radius 3 is 2.93 bits per heavy atom. The van der Waals surface area contributed by atoms with Crippen LogP contribution in [0.4, 0.5) is 0 Å². The number of nitrogens with two attached hydrogens (primary N) is 1. The number of hydrogen-bond acceptors (Lipinski definition) is 5. The number of nitrogens with zero attached hydrogens (tertiary/aromatic N) is 1. The molecule has 2 heterocycles. The molecule has 0 saturated carbocycles. The van der Waals surface area contributed by atoms with Gasteiger partial charge in [-0.05, 0) is 29.0 Å². The zero-order valence-electron chi connectivity index (χ0n) is 7.64. The fraction of sp³-hybridized carbons (Fsp3) is 0.222. The molecule has 2 rings (SSSR count). The van der Waals surface area contributed by atoms with Crippen LogP contribution in [-0.4, -0.2) is 11.5 Å². The van der Waals surface area contributed by atoms with Crippen molar-refractivity contribution in [2.75, 3.05) is 7.11 Å². The summed E-state index contributed by atoms with van der Waals surface area (Å²) in [6, 6.07) is 3.69. The molecule has 0 amide bonds. The Morgan fingerprint density at radius 1 is 1.43 bits per heavy atom. The van der Waals surface area contributed by atoms with Gasteiger partial charge >= 0.3 is 0 Å². The minimum Gasteiger partial charge on any atom is -0.496 e. The number of hydrogen-bond donors (Lipinski definition) is 1. The van der Waals surface area contributed by atoms with Gasteiger partial charge in [-0.25, -0.2) is 0 Å². The minimum absolute atomic E-state index is 0.170. The smallest absolute Gasteiger partial charge is 0.134 e. The summed E-state index contributed by atoms with van der Waals surface area (Å²) in [6.07, 6.45) is 0. The lowest BCUT2D eigenvalue weighted by Gasteiger charge is -2.08. The van der Waals surface area contributed by atoms with Crippen LogP contribution in [0.15, 0.2) is 22.9 Å². The molecule has 2 aromatic heterocycles. The maximum Gasteiger partial charge on any atom is 0.134 e. The topological polar surface area (TPSA) is 48.1 Å². The molecule has 0 spiro atoms. The van der Waals surface area contributed by atoms with Crippen molar-refractivity contribution < 1.29 is 4.74 Å². The number of aromatic nitrogens is 1. The summed E-state index contributed by atoms with van der Waals surface area (Å²) < 4.78 is 9.43. The lowest BCUT2D eigenvalue weighted by atomic mass is 10.2. The fourth-order valence-corrected chi connectivity index (χ4v) is 2.65. The van der Waals surface area contributed by atoms with E-state index in [1.165, 1.54) is 11.5 Å². The minimum atomic E-state index is -0.170. The SMILES string of the molecule is COc1ccsc1C(N)c1ccsn1. The van der Waals surface area contributed by atoms with Gasteiger partial charge in [-0.1, -0.05) is 0 Å². The van der Waals surface area contributed by atoms with Gasteiger partial charge in [0.2, 0.25) is 0 Å². The van der Waals surface area contributed by atoms with Crippen molar-refractivity contribution in [1.82, 2.24) is 4.37 Å². The van der Waals surface area contributed by atoms with Crippen LogP contribution in [0.25, 0.3) is 0 Å². The predicted molar refractivity (Wildman–Crippen MR) is 59.0 cm³/mol. The van der Waals surface area contributed by atoms with Crippen LogP contribution in [0, 0.1) is 0 Å².